The number of pyridine rings is 5. The standard InChI is InChI=1S/C24H17N2.C21H18N.C20H19N2.C19H15N2.C19H14N/c1-2-8-18(9-3-1)26-23-12-5-4-10-19(23)21-15-20-17(14-24(21)26)16-25-13-7-6-11-22(20)25;1-21(2)18-8-4-3-7-15(18)17-12-16-14(11-19(17)21)13-22-10-6-5-9-20(16)22;1-21(2)18-10-8-15(9-11-18)16-6-7-17-14-22-12-4-3-5-20(22)19(17)13-16;1-20-17-7-3-2-6-14(17)16-11-15-13(10-19(16)20)12-21-9-5-4-8-18(15)21;1-2-6-16-13(5-1)9-14-10-15-12-20-8-4-3-7-19(20)18(15)11-17(14)16/h1-15H,16H2;3-12H,13H2,1-2H3;3-13H,14H2,1-2H3;2-11H,12H2,1H3;1-8,10-11H,9,12H2/q5*+1. The van der Waals surface area contributed by atoms with Gasteiger partial charge < -0.3 is 14.0 Å². The van der Waals surface area contributed by atoms with Gasteiger partial charge in [-0.25, -0.2) is 0 Å². The predicted molar refractivity (Wildman–Crippen MR) is 450 cm³/mol. The minimum absolute atomic E-state index is 0.0976. The number of benzene rings is 11. The van der Waals surface area contributed by atoms with E-state index in [1.54, 1.807) is 0 Å². The van der Waals surface area contributed by atoms with Crippen LogP contribution in [0.3, 0.4) is 0 Å². The summed E-state index contributed by atoms with van der Waals surface area (Å²) in [6, 6.07) is 113. The van der Waals surface area contributed by atoms with Crippen LogP contribution in [0.15, 0.2) is 340 Å². The van der Waals surface area contributed by atoms with E-state index in [9.17, 15) is 0 Å². The third kappa shape index (κ3) is 11.0. The molecule has 0 radical (unpaired) electrons. The van der Waals surface area contributed by atoms with E-state index >= 15 is 0 Å². The van der Waals surface area contributed by atoms with Gasteiger partial charge in [-0.1, -0.05) is 141 Å². The summed E-state index contributed by atoms with van der Waals surface area (Å²) in [5, 5.41) is 5.32. The van der Waals surface area contributed by atoms with E-state index in [1.807, 2.05) is 0 Å². The molecular formula is C103H83N8+5. The van der Waals surface area contributed by atoms with Gasteiger partial charge in [-0.2, -0.15) is 22.8 Å². The van der Waals surface area contributed by atoms with Crippen LogP contribution >= 0.6 is 0 Å². The number of rotatable bonds is 3. The molecule has 7 aromatic heterocycles. The number of hydrogen-bond acceptors (Lipinski definition) is 1. The van der Waals surface area contributed by atoms with Crippen LogP contribution in [-0.4, -0.2) is 23.2 Å². The summed E-state index contributed by atoms with van der Waals surface area (Å²) in [5.74, 6) is 0. The van der Waals surface area contributed by atoms with Crippen molar-refractivity contribution in [1.82, 2.24) is 9.13 Å². The molecule has 5 aliphatic heterocycles. The molecule has 0 unspecified atom stereocenters. The van der Waals surface area contributed by atoms with Crippen LogP contribution in [-0.2, 0) is 51.6 Å². The quantitative estimate of drug-likeness (QED) is 0.162. The average Bonchev–Trinajstić information content (AvgIpc) is 1.56. The summed E-state index contributed by atoms with van der Waals surface area (Å²) in [6.07, 6.45) is 11.9. The van der Waals surface area contributed by atoms with Gasteiger partial charge in [0, 0.05) is 159 Å². The monoisotopic (exact) mass is 1430 g/mol. The van der Waals surface area contributed by atoms with Crippen LogP contribution < -0.4 is 27.7 Å². The molecule has 11 aromatic carbocycles. The van der Waals surface area contributed by atoms with Crippen molar-refractivity contribution in [2.24, 2.45) is 7.05 Å². The van der Waals surface area contributed by atoms with Crippen molar-refractivity contribution in [1.29, 1.82) is 0 Å². The Morgan fingerprint density at radius 3 is 1.32 bits per heavy atom. The number of fused-ring (bicyclic) bond motifs is 27. The van der Waals surface area contributed by atoms with Gasteiger partial charge in [0.25, 0.3) is 0 Å². The molecule has 0 saturated carbocycles. The van der Waals surface area contributed by atoms with Crippen molar-refractivity contribution in [3.05, 3.63) is 390 Å². The molecule has 0 amide bonds. The highest BCUT2D eigenvalue weighted by Crippen LogP contribution is 2.51. The molecule has 8 heteroatoms. The summed E-state index contributed by atoms with van der Waals surface area (Å²) < 4.78 is 16.3. The SMILES string of the molecule is CC1(C)c2ccccc2-c2cc3c(cc21)C[n+]1ccccc1-3.CN(C)c1ccc(-c2ccc3c(c2)-c2cccc[n+]2C3)cc1.Cn1c2ccccc2c2cc3c(cc21)C[n+]1ccccc1-3.c1ccc(-n2c3ccccc3c3cc4c(cc32)C[n+]2ccccc2-4)cc1.c1ccc2c(c1)Cc1cc3c(cc1-2)-c1cccc[n+]1C3. The van der Waals surface area contributed by atoms with Crippen LogP contribution in [0.5, 0.6) is 0 Å². The molecule has 12 heterocycles. The molecule has 111 heavy (non-hydrogen) atoms. The molecule has 7 aliphatic rings. The number of aryl methyl sites for hydroxylation is 1. The topological polar surface area (TPSA) is 32.5 Å². The van der Waals surface area contributed by atoms with E-state index < -0.39 is 0 Å². The number of para-hydroxylation sites is 3. The Balaban J connectivity index is 0.0000000881. The van der Waals surface area contributed by atoms with Gasteiger partial charge in [0.1, 0.15) is 0 Å². The molecule has 0 atom stereocenters. The first-order valence-electron chi connectivity index (χ1n) is 39.0. The van der Waals surface area contributed by atoms with E-state index in [0.717, 1.165) is 39.1 Å². The Hall–Kier alpha value is -13.4. The zero-order chi connectivity index (χ0) is 74.2. The van der Waals surface area contributed by atoms with Crippen molar-refractivity contribution in [2.75, 3.05) is 19.0 Å². The Kier molecular flexibility index (Phi) is 15.5. The van der Waals surface area contributed by atoms with Crippen LogP contribution in [0.25, 0.3) is 139 Å². The maximum absolute atomic E-state index is 2.44. The zero-order valence-corrected chi connectivity index (χ0v) is 63.2. The van der Waals surface area contributed by atoms with E-state index in [0.29, 0.717) is 0 Å². The molecule has 0 N–H and O–H groups in total. The first kappa shape index (κ1) is 65.8. The van der Waals surface area contributed by atoms with Gasteiger partial charge in [0.2, 0.25) is 28.5 Å². The number of aromatic nitrogens is 7. The fourth-order valence-electron chi connectivity index (χ4n) is 19.0. The molecule has 0 saturated heterocycles. The minimum atomic E-state index is 0.0976. The lowest BCUT2D eigenvalue weighted by Gasteiger charge is -2.21. The van der Waals surface area contributed by atoms with E-state index in [2.05, 4.69) is 412 Å². The first-order valence-corrected chi connectivity index (χ1v) is 39.0. The lowest BCUT2D eigenvalue weighted by Crippen LogP contribution is -2.31. The Bertz CT molecular complexity index is 6780. The average molecular weight is 1430 g/mol. The maximum atomic E-state index is 2.44. The second kappa shape index (κ2) is 26.2. The highest BCUT2D eigenvalue weighted by atomic mass is 15.1. The van der Waals surface area contributed by atoms with Crippen LogP contribution in [0, 0.1) is 0 Å². The first-order chi connectivity index (χ1) is 54.5. The summed E-state index contributed by atoms with van der Waals surface area (Å²) in [7, 11) is 6.30. The third-order valence-electron chi connectivity index (χ3n) is 24.5. The van der Waals surface area contributed by atoms with Crippen molar-refractivity contribution in [2.45, 2.75) is 58.4 Å². The van der Waals surface area contributed by atoms with Gasteiger partial charge in [0.15, 0.2) is 63.7 Å². The number of nitrogens with zero attached hydrogens (tertiary/aromatic N) is 8. The van der Waals surface area contributed by atoms with Gasteiger partial charge in [0.05, 0.1) is 38.9 Å². The van der Waals surface area contributed by atoms with Crippen molar-refractivity contribution < 1.29 is 22.8 Å². The second-order valence-electron chi connectivity index (χ2n) is 31.4. The normalized spacial score (nSPS) is 13.3. The smallest absolute Gasteiger partial charge is 0.213 e. The Morgan fingerprint density at radius 1 is 0.279 bits per heavy atom. The summed E-state index contributed by atoms with van der Waals surface area (Å²) in [4.78, 5) is 2.12. The lowest BCUT2D eigenvalue weighted by atomic mass is 9.81. The third-order valence-corrected chi connectivity index (χ3v) is 24.5. The lowest BCUT2D eigenvalue weighted by molar-refractivity contribution is -0.672. The molecule has 2 aliphatic carbocycles. The molecule has 0 bridgehead atoms. The fourth-order valence-corrected chi connectivity index (χ4v) is 19.0. The van der Waals surface area contributed by atoms with Crippen LogP contribution in [0.1, 0.15) is 63.9 Å². The molecule has 0 spiro atoms. The van der Waals surface area contributed by atoms with Crippen molar-refractivity contribution in [3.8, 4) is 95.4 Å². The summed E-state index contributed by atoms with van der Waals surface area (Å²) in [5.41, 5.74) is 42.4. The highest BCUT2D eigenvalue weighted by molar-refractivity contribution is 6.11. The van der Waals surface area contributed by atoms with E-state index in [4.69, 9.17) is 0 Å². The molecule has 0 fully saturated rings. The summed E-state index contributed by atoms with van der Waals surface area (Å²) in [6.45, 7) is 9.59. The Labute approximate surface area is 647 Å². The van der Waals surface area contributed by atoms with Crippen LogP contribution in [0.2, 0.25) is 0 Å². The van der Waals surface area contributed by atoms with Gasteiger partial charge in [-0.15, -0.1) is 0 Å². The van der Waals surface area contributed by atoms with E-state index in [1.165, 1.54) is 195 Å². The zero-order valence-electron chi connectivity index (χ0n) is 63.2. The highest BCUT2D eigenvalue weighted by Gasteiger charge is 2.39. The largest absolute Gasteiger partial charge is 0.378 e. The van der Waals surface area contributed by atoms with Gasteiger partial charge >= 0.3 is 0 Å². The number of hydrogen-bond donors (Lipinski definition) is 0. The summed E-state index contributed by atoms with van der Waals surface area (Å²) >= 11 is 0. The minimum Gasteiger partial charge on any atom is -0.378 e. The number of anilines is 1. The van der Waals surface area contributed by atoms with Gasteiger partial charge in [-0.3, -0.25) is 0 Å². The Morgan fingerprint density at radius 2 is 0.721 bits per heavy atom. The van der Waals surface area contributed by atoms with Crippen LogP contribution in [0.4, 0.5) is 5.69 Å². The van der Waals surface area contributed by atoms with Crippen molar-refractivity contribution in [3.63, 3.8) is 0 Å². The van der Waals surface area contributed by atoms with Gasteiger partial charge in [-0.05, 0) is 183 Å². The molecule has 8 nitrogen and oxygen atoms in total. The predicted octanol–water partition coefficient (Wildman–Crippen LogP) is 20.4. The van der Waals surface area contributed by atoms with Crippen molar-refractivity contribution >= 4 is 49.3 Å². The molecule has 18 aromatic rings. The fraction of sp³-hybridized carbons (Fsp3) is 0.117. The molecule has 25 rings (SSSR count). The van der Waals surface area contributed by atoms with E-state index in [-0.39, 0.29) is 5.41 Å². The maximum Gasteiger partial charge on any atom is 0.213 e. The molecular weight excluding hydrogens is 1350 g/mol. The molecule has 530 valence electrons. The second-order valence-corrected chi connectivity index (χ2v) is 31.4.